The molecular formula is C16H13F2NO6S. The SMILES string of the molecule is O=C(O)c1cc(F)c(F)cc1NS(=O)(=O)c1ccc2c(c1)OCCCO2. The molecular weight excluding hydrogens is 372 g/mol. The normalized spacial score (nSPS) is 13.8. The zero-order valence-corrected chi connectivity index (χ0v) is 14.0. The van der Waals surface area contributed by atoms with Gasteiger partial charge in [-0.15, -0.1) is 0 Å². The lowest BCUT2D eigenvalue weighted by molar-refractivity contribution is 0.0697. The Hall–Kier alpha value is -2.88. The number of ether oxygens (including phenoxy) is 2. The molecule has 0 radical (unpaired) electrons. The number of sulfonamides is 1. The summed E-state index contributed by atoms with van der Waals surface area (Å²) in [5.74, 6) is -3.80. The van der Waals surface area contributed by atoms with Gasteiger partial charge in [-0.3, -0.25) is 4.72 Å². The fourth-order valence-corrected chi connectivity index (χ4v) is 3.41. The second kappa shape index (κ2) is 6.79. The molecule has 0 amide bonds. The molecule has 1 heterocycles. The van der Waals surface area contributed by atoms with Crippen LogP contribution in [0.25, 0.3) is 0 Å². The van der Waals surface area contributed by atoms with Crippen LogP contribution < -0.4 is 14.2 Å². The lowest BCUT2D eigenvalue weighted by Gasteiger charge is -2.13. The summed E-state index contributed by atoms with van der Waals surface area (Å²) in [6, 6.07) is 4.72. The predicted molar refractivity (Wildman–Crippen MR) is 86.2 cm³/mol. The highest BCUT2D eigenvalue weighted by atomic mass is 32.2. The Morgan fingerprint density at radius 1 is 1.04 bits per heavy atom. The molecule has 0 saturated carbocycles. The van der Waals surface area contributed by atoms with Gasteiger partial charge >= 0.3 is 5.97 Å². The van der Waals surface area contributed by atoms with Gasteiger partial charge in [0.1, 0.15) is 0 Å². The molecule has 0 bridgehead atoms. The van der Waals surface area contributed by atoms with Gasteiger partial charge in [-0.25, -0.2) is 22.0 Å². The first-order valence-electron chi connectivity index (χ1n) is 7.43. The molecule has 0 aromatic heterocycles. The number of aromatic carboxylic acids is 1. The average molecular weight is 385 g/mol. The van der Waals surface area contributed by atoms with Crippen LogP contribution in [0.2, 0.25) is 0 Å². The smallest absolute Gasteiger partial charge is 0.337 e. The van der Waals surface area contributed by atoms with Crippen molar-refractivity contribution in [3.05, 3.63) is 47.5 Å². The van der Waals surface area contributed by atoms with Gasteiger partial charge in [0.25, 0.3) is 10.0 Å². The number of rotatable bonds is 4. The first-order valence-corrected chi connectivity index (χ1v) is 8.91. The Morgan fingerprint density at radius 2 is 1.69 bits per heavy atom. The van der Waals surface area contributed by atoms with Crippen LogP contribution in [0.1, 0.15) is 16.8 Å². The Morgan fingerprint density at radius 3 is 2.38 bits per heavy atom. The van der Waals surface area contributed by atoms with Crippen LogP contribution in [0.5, 0.6) is 11.5 Å². The highest BCUT2D eigenvalue weighted by molar-refractivity contribution is 7.92. The monoisotopic (exact) mass is 385 g/mol. The lowest BCUT2D eigenvalue weighted by Crippen LogP contribution is -2.16. The fourth-order valence-electron chi connectivity index (χ4n) is 2.32. The van der Waals surface area contributed by atoms with Crippen LogP contribution in [0.3, 0.4) is 0 Å². The van der Waals surface area contributed by atoms with Crippen LogP contribution in [-0.4, -0.2) is 32.7 Å². The molecule has 3 rings (SSSR count). The summed E-state index contributed by atoms with van der Waals surface area (Å²) in [4.78, 5) is 10.9. The minimum atomic E-state index is -4.28. The summed E-state index contributed by atoms with van der Waals surface area (Å²) in [6.07, 6.45) is 0.631. The van der Waals surface area contributed by atoms with Crippen molar-refractivity contribution in [1.82, 2.24) is 0 Å². The van der Waals surface area contributed by atoms with Gasteiger partial charge in [0.15, 0.2) is 23.1 Å². The van der Waals surface area contributed by atoms with Crippen molar-refractivity contribution in [3.63, 3.8) is 0 Å². The van der Waals surface area contributed by atoms with Gasteiger partial charge in [0, 0.05) is 18.6 Å². The van der Waals surface area contributed by atoms with Gasteiger partial charge in [-0.2, -0.15) is 0 Å². The fraction of sp³-hybridized carbons (Fsp3) is 0.188. The number of carbonyl (C=O) groups is 1. The summed E-state index contributed by atoms with van der Waals surface area (Å²) in [5.41, 5.74) is -1.31. The Labute approximate surface area is 147 Å². The van der Waals surface area contributed by atoms with Gasteiger partial charge < -0.3 is 14.6 Å². The first-order chi connectivity index (χ1) is 12.3. The molecule has 138 valence electrons. The number of carboxylic acids is 1. The van der Waals surface area contributed by atoms with Crippen LogP contribution in [0, 0.1) is 11.6 Å². The number of hydrogen-bond acceptors (Lipinski definition) is 5. The maximum atomic E-state index is 13.4. The summed E-state index contributed by atoms with van der Waals surface area (Å²) in [6.45, 7) is 0.768. The summed E-state index contributed by atoms with van der Waals surface area (Å²) in [7, 11) is -4.28. The summed E-state index contributed by atoms with van der Waals surface area (Å²) in [5, 5.41) is 9.08. The number of fused-ring (bicyclic) bond motifs is 1. The van der Waals surface area contributed by atoms with E-state index in [1.54, 1.807) is 0 Å². The van der Waals surface area contributed by atoms with E-state index in [2.05, 4.69) is 0 Å². The first kappa shape index (κ1) is 17.9. The van der Waals surface area contributed by atoms with E-state index in [1.807, 2.05) is 4.72 Å². The van der Waals surface area contributed by atoms with Crippen LogP contribution in [-0.2, 0) is 10.0 Å². The Bertz CT molecular complexity index is 977. The van der Waals surface area contributed by atoms with Gasteiger partial charge in [0.05, 0.1) is 29.4 Å². The van der Waals surface area contributed by atoms with Gasteiger partial charge in [-0.1, -0.05) is 0 Å². The van der Waals surface area contributed by atoms with Crippen LogP contribution in [0.15, 0.2) is 35.2 Å². The molecule has 0 atom stereocenters. The van der Waals surface area contributed by atoms with Crippen LogP contribution in [0.4, 0.5) is 14.5 Å². The van der Waals surface area contributed by atoms with E-state index in [0.717, 1.165) is 0 Å². The molecule has 10 heteroatoms. The number of anilines is 1. The maximum Gasteiger partial charge on any atom is 0.337 e. The number of carboxylic acid groups (broad SMARTS) is 1. The summed E-state index contributed by atoms with van der Waals surface area (Å²) >= 11 is 0. The largest absolute Gasteiger partial charge is 0.490 e. The molecule has 2 aromatic carbocycles. The average Bonchev–Trinajstić information content (AvgIpc) is 2.82. The number of hydrogen-bond donors (Lipinski definition) is 2. The van der Waals surface area contributed by atoms with E-state index >= 15 is 0 Å². The van der Waals surface area contributed by atoms with Crippen molar-refractivity contribution in [3.8, 4) is 11.5 Å². The predicted octanol–water partition coefficient (Wildman–Crippen LogP) is 2.63. The van der Waals surface area contributed by atoms with Crippen LogP contribution >= 0.6 is 0 Å². The van der Waals surface area contributed by atoms with Crippen molar-refractivity contribution in [2.75, 3.05) is 17.9 Å². The molecule has 0 fully saturated rings. The highest BCUT2D eigenvalue weighted by Gasteiger charge is 2.23. The van der Waals surface area contributed by atoms with E-state index in [-0.39, 0.29) is 10.6 Å². The molecule has 0 aliphatic carbocycles. The van der Waals surface area contributed by atoms with Gasteiger partial charge in [0.2, 0.25) is 0 Å². The third-order valence-corrected chi connectivity index (χ3v) is 4.93. The zero-order valence-electron chi connectivity index (χ0n) is 13.2. The minimum Gasteiger partial charge on any atom is -0.490 e. The maximum absolute atomic E-state index is 13.4. The molecule has 2 aromatic rings. The second-order valence-electron chi connectivity index (χ2n) is 5.38. The van der Waals surface area contributed by atoms with Gasteiger partial charge in [-0.05, 0) is 18.2 Å². The Kier molecular flexibility index (Phi) is 4.68. The van der Waals surface area contributed by atoms with Crippen molar-refractivity contribution in [2.45, 2.75) is 11.3 Å². The van der Waals surface area contributed by atoms with E-state index in [4.69, 9.17) is 14.6 Å². The molecule has 7 nitrogen and oxygen atoms in total. The third-order valence-electron chi connectivity index (χ3n) is 3.56. The number of halogens is 2. The molecule has 1 aliphatic rings. The van der Waals surface area contributed by atoms with Crippen molar-refractivity contribution in [2.24, 2.45) is 0 Å². The van der Waals surface area contributed by atoms with Crippen molar-refractivity contribution < 1.29 is 36.6 Å². The zero-order chi connectivity index (χ0) is 18.9. The molecule has 0 spiro atoms. The quantitative estimate of drug-likeness (QED) is 0.839. The molecule has 1 aliphatic heterocycles. The second-order valence-corrected chi connectivity index (χ2v) is 7.06. The highest BCUT2D eigenvalue weighted by Crippen LogP contribution is 2.33. The molecule has 0 saturated heterocycles. The topological polar surface area (TPSA) is 102 Å². The summed E-state index contributed by atoms with van der Waals surface area (Å²) < 4.78 is 64.5. The van der Waals surface area contributed by atoms with E-state index in [0.29, 0.717) is 37.5 Å². The molecule has 26 heavy (non-hydrogen) atoms. The van der Waals surface area contributed by atoms with E-state index in [1.165, 1.54) is 18.2 Å². The lowest BCUT2D eigenvalue weighted by atomic mass is 10.2. The van der Waals surface area contributed by atoms with E-state index < -0.39 is 38.9 Å². The third kappa shape index (κ3) is 3.54. The number of benzene rings is 2. The molecule has 2 N–H and O–H groups in total. The van der Waals surface area contributed by atoms with Crippen molar-refractivity contribution >= 4 is 21.7 Å². The Balaban J connectivity index is 1.99. The number of nitrogens with one attached hydrogen (secondary N) is 1. The minimum absolute atomic E-state index is 0.217. The van der Waals surface area contributed by atoms with E-state index in [9.17, 15) is 22.0 Å². The van der Waals surface area contributed by atoms with Crippen molar-refractivity contribution in [1.29, 1.82) is 0 Å². The standard InChI is InChI=1S/C16H13F2NO6S/c17-11-7-10(16(20)21)13(8-12(11)18)19-26(22,23)9-2-3-14-15(6-9)25-5-1-4-24-14/h2-3,6-8,19H,1,4-5H2,(H,20,21). The molecule has 0 unspecified atom stereocenters.